The SMILES string of the molecule is CC(C)N1CC(c2nncn2C)C2(CCN(C(=O)C3CCC3)CC2)C1. The molecule has 3 heterocycles. The van der Waals surface area contributed by atoms with Crippen LogP contribution in [-0.2, 0) is 11.8 Å². The van der Waals surface area contributed by atoms with Crippen LogP contribution in [0.3, 0.4) is 0 Å². The first kappa shape index (κ1) is 17.0. The molecule has 3 aliphatic rings. The third kappa shape index (κ3) is 2.88. The van der Waals surface area contributed by atoms with E-state index in [1.807, 2.05) is 6.33 Å². The van der Waals surface area contributed by atoms with E-state index in [-0.39, 0.29) is 5.41 Å². The molecule has 0 radical (unpaired) electrons. The van der Waals surface area contributed by atoms with Gasteiger partial charge in [0.1, 0.15) is 12.2 Å². The second-order valence-electron chi connectivity index (χ2n) is 8.69. The quantitative estimate of drug-likeness (QED) is 0.841. The molecule has 0 N–H and O–H groups in total. The van der Waals surface area contributed by atoms with E-state index in [4.69, 9.17) is 0 Å². The number of amides is 1. The smallest absolute Gasteiger partial charge is 0.225 e. The standard InChI is InChI=1S/C19H31N5O/c1-14(2)24-11-16(17-21-20-13-22(17)3)19(12-24)7-9-23(10-8-19)18(25)15-5-4-6-15/h13-16H,4-12H2,1-3H3. The molecule has 1 aromatic heterocycles. The Hall–Kier alpha value is -1.43. The molecule has 1 spiro atoms. The lowest BCUT2D eigenvalue weighted by molar-refractivity contribution is -0.140. The molecule has 2 aliphatic heterocycles. The molecular formula is C19H31N5O. The second-order valence-corrected chi connectivity index (χ2v) is 8.69. The van der Waals surface area contributed by atoms with Gasteiger partial charge in [0.05, 0.1) is 0 Å². The van der Waals surface area contributed by atoms with E-state index >= 15 is 0 Å². The summed E-state index contributed by atoms with van der Waals surface area (Å²) in [6.07, 6.45) is 7.42. The molecule has 138 valence electrons. The number of likely N-dealkylation sites (tertiary alicyclic amines) is 2. The highest BCUT2D eigenvalue weighted by atomic mass is 16.2. The molecule has 1 aromatic rings. The van der Waals surface area contributed by atoms with Gasteiger partial charge in [0, 0.05) is 51.1 Å². The van der Waals surface area contributed by atoms with Crippen molar-refractivity contribution in [2.24, 2.45) is 18.4 Å². The Morgan fingerprint density at radius 2 is 2.00 bits per heavy atom. The Morgan fingerprint density at radius 1 is 1.28 bits per heavy atom. The van der Waals surface area contributed by atoms with Crippen LogP contribution in [0.2, 0.25) is 0 Å². The third-order valence-corrected chi connectivity index (χ3v) is 6.99. The molecule has 3 fully saturated rings. The van der Waals surface area contributed by atoms with Crippen molar-refractivity contribution in [3.63, 3.8) is 0 Å². The fraction of sp³-hybridized carbons (Fsp3) is 0.842. The number of hydrogen-bond acceptors (Lipinski definition) is 4. The highest BCUT2D eigenvalue weighted by Crippen LogP contribution is 2.50. The van der Waals surface area contributed by atoms with Crippen LogP contribution >= 0.6 is 0 Å². The van der Waals surface area contributed by atoms with Crippen molar-refractivity contribution in [3.05, 3.63) is 12.2 Å². The highest BCUT2D eigenvalue weighted by Gasteiger charge is 2.51. The molecule has 1 saturated carbocycles. The van der Waals surface area contributed by atoms with Crippen LogP contribution in [0, 0.1) is 11.3 Å². The van der Waals surface area contributed by atoms with Gasteiger partial charge in [-0.3, -0.25) is 9.69 Å². The van der Waals surface area contributed by atoms with Crippen LogP contribution in [0.15, 0.2) is 6.33 Å². The van der Waals surface area contributed by atoms with Gasteiger partial charge in [-0.1, -0.05) is 6.42 Å². The van der Waals surface area contributed by atoms with E-state index in [0.717, 1.165) is 57.7 Å². The molecule has 4 rings (SSSR count). The van der Waals surface area contributed by atoms with Crippen LogP contribution in [0.25, 0.3) is 0 Å². The minimum atomic E-state index is 0.238. The average molecular weight is 345 g/mol. The van der Waals surface area contributed by atoms with Gasteiger partial charge in [-0.25, -0.2) is 0 Å². The molecule has 1 aliphatic carbocycles. The largest absolute Gasteiger partial charge is 0.342 e. The monoisotopic (exact) mass is 345 g/mol. The number of aromatic nitrogens is 3. The summed E-state index contributed by atoms with van der Waals surface area (Å²) < 4.78 is 2.09. The number of carbonyl (C=O) groups is 1. The van der Waals surface area contributed by atoms with Crippen LogP contribution in [-0.4, -0.2) is 62.7 Å². The van der Waals surface area contributed by atoms with Gasteiger partial charge < -0.3 is 9.47 Å². The maximum atomic E-state index is 12.6. The van der Waals surface area contributed by atoms with Crippen molar-refractivity contribution in [3.8, 4) is 0 Å². The maximum absolute atomic E-state index is 12.6. The van der Waals surface area contributed by atoms with Crippen molar-refractivity contribution in [1.82, 2.24) is 24.6 Å². The molecule has 0 bridgehead atoms. The molecular weight excluding hydrogens is 314 g/mol. The van der Waals surface area contributed by atoms with Gasteiger partial charge in [0.25, 0.3) is 0 Å². The van der Waals surface area contributed by atoms with Crippen molar-refractivity contribution >= 4 is 5.91 Å². The van der Waals surface area contributed by atoms with Crippen molar-refractivity contribution in [2.75, 3.05) is 26.2 Å². The number of nitrogens with zero attached hydrogens (tertiary/aromatic N) is 5. The van der Waals surface area contributed by atoms with Gasteiger partial charge in [-0.15, -0.1) is 10.2 Å². The zero-order chi connectivity index (χ0) is 17.6. The molecule has 6 heteroatoms. The Kier molecular flexibility index (Phi) is 4.34. The normalized spacial score (nSPS) is 27.2. The lowest BCUT2D eigenvalue weighted by atomic mass is 9.70. The average Bonchev–Trinajstić information content (AvgIpc) is 3.10. The summed E-state index contributed by atoms with van der Waals surface area (Å²) in [5.74, 6) is 2.26. The summed E-state index contributed by atoms with van der Waals surface area (Å²) in [5, 5.41) is 8.58. The number of piperidine rings is 1. The van der Waals surface area contributed by atoms with E-state index in [1.165, 1.54) is 6.42 Å². The van der Waals surface area contributed by atoms with E-state index < -0.39 is 0 Å². The minimum Gasteiger partial charge on any atom is -0.342 e. The molecule has 6 nitrogen and oxygen atoms in total. The van der Waals surface area contributed by atoms with Gasteiger partial charge in [0.15, 0.2) is 0 Å². The molecule has 25 heavy (non-hydrogen) atoms. The molecule has 1 unspecified atom stereocenters. The van der Waals surface area contributed by atoms with E-state index in [2.05, 4.69) is 45.5 Å². The molecule has 1 amide bonds. The summed E-state index contributed by atoms with van der Waals surface area (Å²) in [4.78, 5) is 17.3. The van der Waals surface area contributed by atoms with E-state index in [1.54, 1.807) is 0 Å². The predicted molar refractivity (Wildman–Crippen MR) is 96.0 cm³/mol. The lowest BCUT2D eigenvalue weighted by Crippen LogP contribution is -2.49. The number of carbonyl (C=O) groups excluding carboxylic acids is 1. The first-order valence-electron chi connectivity index (χ1n) is 9.87. The number of hydrogen-bond donors (Lipinski definition) is 0. The maximum Gasteiger partial charge on any atom is 0.225 e. The third-order valence-electron chi connectivity index (χ3n) is 6.99. The van der Waals surface area contributed by atoms with E-state index in [9.17, 15) is 4.79 Å². The van der Waals surface area contributed by atoms with Gasteiger partial charge in [0.2, 0.25) is 5.91 Å². The Balaban J connectivity index is 1.52. The predicted octanol–water partition coefficient (Wildman–Crippen LogP) is 2.03. The van der Waals surface area contributed by atoms with Crippen molar-refractivity contribution < 1.29 is 4.79 Å². The van der Waals surface area contributed by atoms with Crippen LogP contribution in [0.4, 0.5) is 0 Å². The Bertz CT molecular complexity index is 628. The summed E-state index contributed by atoms with van der Waals surface area (Å²) in [7, 11) is 2.05. The Morgan fingerprint density at radius 3 is 2.52 bits per heavy atom. The van der Waals surface area contributed by atoms with Crippen molar-refractivity contribution in [2.45, 2.75) is 57.9 Å². The van der Waals surface area contributed by atoms with Crippen molar-refractivity contribution in [1.29, 1.82) is 0 Å². The van der Waals surface area contributed by atoms with Gasteiger partial charge >= 0.3 is 0 Å². The molecule has 0 aromatic carbocycles. The zero-order valence-electron chi connectivity index (χ0n) is 15.8. The fourth-order valence-corrected chi connectivity index (χ4v) is 4.96. The highest BCUT2D eigenvalue weighted by molar-refractivity contribution is 5.79. The van der Waals surface area contributed by atoms with Crippen LogP contribution < -0.4 is 0 Å². The topological polar surface area (TPSA) is 54.3 Å². The van der Waals surface area contributed by atoms with Gasteiger partial charge in [-0.05, 0) is 44.9 Å². The number of rotatable bonds is 3. The number of aryl methyl sites for hydroxylation is 1. The Labute approximate surface area is 150 Å². The second kappa shape index (κ2) is 6.38. The summed E-state index contributed by atoms with van der Waals surface area (Å²) in [6, 6.07) is 0.546. The summed E-state index contributed by atoms with van der Waals surface area (Å²) in [6.45, 7) is 8.56. The first-order valence-corrected chi connectivity index (χ1v) is 9.87. The zero-order valence-corrected chi connectivity index (χ0v) is 15.8. The minimum absolute atomic E-state index is 0.238. The van der Waals surface area contributed by atoms with Crippen LogP contribution in [0.1, 0.15) is 57.7 Å². The summed E-state index contributed by atoms with van der Waals surface area (Å²) >= 11 is 0. The fourth-order valence-electron chi connectivity index (χ4n) is 4.96. The van der Waals surface area contributed by atoms with Gasteiger partial charge in [-0.2, -0.15) is 0 Å². The first-order chi connectivity index (χ1) is 12.0. The van der Waals surface area contributed by atoms with E-state index in [0.29, 0.717) is 23.8 Å². The molecule has 2 saturated heterocycles. The van der Waals surface area contributed by atoms with Crippen LogP contribution in [0.5, 0.6) is 0 Å². The lowest BCUT2D eigenvalue weighted by Gasteiger charge is -2.44. The molecule has 1 atom stereocenters. The summed E-state index contributed by atoms with van der Waals surface area (Å²) in [5.41, 5.74) is 0.238.